The molecule has 2 aromatic rings. The molecule has 76 valence electrons. The highest BCUT2D eigenvalue weighted by atomic mass is 14.7. The van der Waals surface area contributed by atoms with Crippen LogP contribution in [0.5, 0.6) is 0 Å². The van der Waals surface area contributed by atoms with Crippen molar-refractivity contribution in [2.75, 3.05) is 5.73 Å². The quantitative estimate of drug-likeness (QED) is 0.715. The summed E-state index contributed by atoms with van der Waals surface area (Å²) in [5.74, 6) is 0. The number of rotatable bonds is 1. The maximum absolute atomic E-state index is 5.86. The van der Waals surface area contributed by atoms with E-state index in [1.807, 2.05) is 44.3 Å². The van der Waals surface area contributed by atoms with Crippen LogP contribution in [0.2, 0.25) is 0 Å². The Bertz CT molecular complexity index is 472. The van der Waals surface area contributed by atoms with Gasteiger partial charge in [0.15, 0.2) is 0 Å². The molecule has 2 heteroatoms. The second kappa shape index (κ2) is 3.73. The van der Waals surface area contributed by atoms with Gasteiger partial charge in [-0.1, -0.05) is 18.2 Å². The highest BCUT2D eigenvalue weighted by molar-refractivity contribution is 5.65. The lowest BCUT2D eigenvalue weighted by molar-refractivity contribution is 1.27. The molecule has 0 radical (unpaired) electrons. The number of anilines is 1. The van der Waals surface area contributed by atoms with E-state index >= 15 is 0 Å². The van der Waals surface area contributed by atoms with E-state index in [0.29, 0.717) is 0 Å². The van der Waals surface area contributed by atoms with Crippen molar-refractivity contribution in [2.24, 2.45) is 0 Å². The first-order chi connectivity index (χ1) is 7.16. The summed E-state index contributed by atoms with van der Waals surface area (Å²) in [6.45, 7) is 4.03. The molecule has 0 spiro atoms. The molecule has 0 aliphatic rings. The fourth-order valence-electron chi connectivity index (χ4n) is 1.44. The van der Waals surface area contributed by atoms with Crippen LogP contribution in [0, 0.1) is 13.8 Å². The first kappa shape index (κ1) is 9.71. The molecule has 0 amide bonds. The smallest absolute Gasteiger partial charge is 0.0702 e. The molecule has 0 atom stereocenters. The molecule has 1 aromatic heterocycles. The summed E-state index contributed by atoms with van der Waals surface area (Å²) >= 11 is 0. The summed E-state index contributed by atoms with van der Waals surface area (Å²) in [7, 11) is 0. The third-order valence-electron chi connectivity index (χ3n) is 2.49. The van der Waals surface area contributed by atoms with Gasteiger partial charge in [0.1, 0.15) is 0 Å². The molecule has 0 aliphatic carbocycles. The number of aryl methyl sites for hydroxylation is 2. The minimum atomic E-state index is 0.815. The maximum Gasteiger partial charge on any atom is 0.0702 e. The summed E-state index contributed by atoms with van der Waals surface area (Å²) in [4.78, 5) is 4.36. The molecule has 0 aliphatic heterocycles. The summed E-state index contributed by atoms with van der Waals surface area (Å²) in [5.41, 5.74) is 11.0. The SMILES string of the molecule is Cc1ccc(-c2ccc(C)c(N)c2)nc1. The highest BCUT2D eigenvalue weighted by Crippen LogP contribution is 2.21. The Morgan fingerprint density at radius 1 is 1.07 bits per heavy atom. The van der Waals surface area contributed by atoms with Crippen LogP contribution in [-0.2, 0) is 0 Å². The maximum atomic E-state index is 5.86. The first-order valence-corrected chi connectivity index (χ1v) is 4.96. The molecule has 2 rings (SSSR count). The Labute approximate surface area is 89.8 Å². The minimum absolute atomic E-state index is 0.815. The van der Waals surface area contributed by atoms with Gasteiger partial charge < -0.3 is 5.73 Å². The Balaban J connectivity index is 2.45. The fraction of sp³-hybridized carbons (Fsp3) is 0.154. The van der Waals surface area contributed by atoms with Crippen molar-refractivity contribution in [3.63, 3.8) is 0 Å². The predicted octanol–water partition coefficient (Wildman–Crippen LogP) is 2.95. The van der Waals surface area contributed by atoms with E-state index in [9.17, 15) is 0 Å². The van der Waals surface area contributed by atoms with Crippen LogP contribution >= 0.6 is 0 Å². The molecular formula is C13H14N2. The molecule has 0 bridgehead atoms. The third-order valence-corrected chi connectivity index (χ3v) is 2.49. The Hall–Kier alpha value is -1.83. The van der Waals surface area contributed by atoms with Gasteiger partial charge in [-0.3, -0.25) is 4.98 Å². The van der Waals surface area contributed by atoms with Crippen LogP contribution in [0.3, 0.4) is 0 Å². The Morgan fingerprint density at radius 3 is 2.47 bits per heavy atom. The van der Waals surface area contributed by atoms with Crippen molar-refractivity contribution < 1.29 is 0 Å². The average molecular weight is 198 g/mol. The van der Waals surface area contributed by atoms with Gasteiger partial charge in [-0.05, 0) is 37.1 Å². The van der Waals surface area contributed by atoms with E-state index in [1.54, 1.807) is 0 Å². The number of nitrogens with zero attached hydrogens (tertiary/aromatic N) is 1. The number of hydrogen-bond acceptors (Lipinski definition) is 2. The van der Waals surface area contributed by atoms with E-state index in [-0.39, 0.29) is 0 Å². The summed E-state index contributed by atoms with van der Waals surface area (Å²) in [6, 6.07) is 10.1. The summed E-state index contributed by atoms with van der Waals surface area (Å²) in [6.07, 6.45) is 1.87. The van der Waals surface area contributed by atoms with Crippen LogP contribution in [0.25, 0.3) is 11.3 Å². The van der Waals surface area contributed by atoms with E-state index < -0.39 is 0 Å². The van der Waals surface area contributed by atoms with Crippen LogP contribution in [0.1, 0.15) is 11.1 Å². The first-order valence-electron chi connectivity index (χ1n) is 4.96. The zero-order valence-corrected chi connectivity index (χ0v) is 8.99. The average Bonchev–Trinajstić information content (AvgIpc) is 2.23. The van der Waals surface area contributed by atoms with Gasteiger partial charge in [0.25, 0.3) is 0 Å². The Kier molecular flexibility index (Phi) is 2.42. The summed E-state index contributed by atoms with van der Waals surface area (Å²) < 4.78 is 0. The van der Waals surface area contributed by atoms with Crippen molar-refractivity contribution in [1.29, 1.82) is 0 Å². The van der Waals surface area contributed by atoms with Crippen LogP contribution < -0.4 is 5.73 Å². The van der Waals surface area contributed by atoms with Crippen molar-refractivity contribution in [1.82, 2.24) is 4.98 Å². The number of hydrogen-bond donors (Lipinski definition) is 1. The van der Waals surface area contributed by atoms with Gasteiger partial charge in [-0.2, -0.15) is 0 Å². The molecule has 2 nitrogen and oxygen atoms in total. The van der Waals surface area contributed by atoms with Crippen molar-refractivity contribution in [3.8, 4) is 11.3 Å². The number of nitrogens with two attached hydrogens (primary N) is 1. The summed E-state index contributed by atoms with van der Waals surface area (Å²) in [5, 5.41) is 0. The molecule has 0 saturated heterocycles. The van der Waals surface area contributed by atoms with E-state index in [4.69, 9.17) is 5.73 Å². The lowest BCUT2D eigenvalue weighted by Gasteiger charge is -2.04. The monoisotopic (exact) mass is 198 g/mol. The van der Waals surface area contributed by atoms with Crippen molar-refractivity contribution >= 4 is 5.69 Å². The highest BCUT2D eigenvalue weighted by Gasteiger charge is 2.00. The Morgan fingerprint density at radius 2 is 1.87 bits per heavy atom. The largest absolute Gasteiger partial charge is 0.398 e. The normalized spacial score (nSPS) is 10.3. The molecule has 0 fully saturated rings. The minimum Gasteiger partial charge on any atom is -0.398 e. The molecule has 15 heavy (non-hydrogen) atoms. The van der Waals surface area contributed by atoms with E-state index in [1.165, 1.54) is 5.56 Å². The third kappa shape index (κ3) is 1.99. The number of pyridine rings is 1. The molecule has 0 saturated carbocycles. The van der Waals surface area contributed by atoms with Gasteiger partial charge in [-0.15, -0.1) is 0 Å². The van der Waals surface area contributed by atoms with Crippen LogP contribution in [0.15, 0.2) is 36.5 Å². The van der Waals surface area contributed by atoms with Crippen molar-refractivity contribution in [3.05, 3.63) is 47.7 Å². The number of benzene rings is 1. The number of nitrogen functional groups attached to an aromatic ring is 1. The second-order valence-corrected chi connectivity index (χ2v) is 3.79. The lowest BCUT2D eigenvalue weighted by atomic mass is 10.1. The molecule has 2 N–H and O–H groups in total. The zero-order chi connectivity index (χ0) is 10.8. The fourth-order valence-corrected chi connectivity index (χ4v) is 1.44. The van der Waals surface area contributed by atoms with E-state index in [2.05, 4.69) is 11.1 Å². The predicted molar refractivity (Wildman–Crippen MR) is 63.6 cm³/mol. The van der Waals surface area contributed by atoms with Crippen molar-refractivity contribution in [2.45, 2.75) is 13.8 Å². The van der Waals surface area contributed by atoms with Gasteiger partial charge in [-0.25, -0.2) is 0 Å². The topological polar surface area (TPSA) is 38.9 Å². The van der Waals surface area contributed by atoms with Gasteiger partial charge in [0.05, 0.1) is 5.69 Å². The zero-order valence-electron chi connectivity index (χ0n) is 8.99. The van der Waals surface area contributed by atoms with Crippen LogP contribution in [0.4, 0.5) is 5.69 Å². The number of aromatic nitrogens is 1. The molecule has 1 heterocycles. The van der Waals surface area contributed by atoms with Gasteiger partial charge in [0, 0.05) is 17.4 Å². The standard InChI is InChI=1S/C13H14N2/c1-9-3-6-13(15-8-9)11-5-4-10(2)12(14)7-11/h3-8H,14H2,1-2H3. The molecular weight excluding hydrogens is 184 g/mol. The van der Waals surface area contributed by atoms with E-state index in [0.717, 1.165) is 22.5 Å². The van der Waals surface area contributed by atoms with Gasteiger partial charge in [0.2, 0.25) is 0 Å². The molecule has 1 aromatic carbocycles. The molecule has 0 unspecified atom stereocenters. The lowest BCUT2D eigenvalue weighted by Crippen LogP contribution is -1.91. The van der Waals surface area contributed by atoms with Gasteiger partial charge >= 0.3 is 0 Å². The van der Waals surface area contributed by atoms with Crippen LogP contribution in [-0.4, -0.2) is 4.98 Å². The second-order valence-electron chi connectivity index (χ2n) is 3.79.